The standard InChI is InChI=1S/C23H31N5O3/c1-5-26-8-10-27(11-9-26)22-20-15-28(7-6-21(20)24-16(2)25-22)23(29)17-12-18(30-3)14-19(13-17)31-4/h12-14H,5-11,15H2,1-4H3. The van der Waals surface area contributed by atoms with Crippen LogP contribution in [0, 0.1) is 6.92 Å². The number of carbonyl (C=O) groups is 1. The summed E-state index contributed by atoms with van der Waals surface area (Å²) in [5.41, 5.74) is 2.70. The van der Waals surface area contributed by atoms with E-state index in [1.807, 2.05) is 11.8 Å². The number of rotatable bonds is 5. The number of aryl methyl sites for hydroxylation is 1. The van der Waals surface area contributed by atoms with E-state index in [0.29, 0.717) is 30.2 Å². The number of aromatic nitrogens is 2. The number of anilines is 1. The Hall–Kier alpha value is -2.87. The van der Waals surface area contributed by atoms with Gasteiger partial charge < -0.3 is 24.2 Å². The topological polar surface area (TPSA) is 71.0 Å². The molecule has 0 aliphatic carbocycles. The molecular formula is C23H31N5O3. The van der Waals surface area contributed by atoms with E-state index in [0.717, 1.165) is 62.0 Å². The summed E-state index contributed by atoms with van der Waals surface area (Å²) in [6, 6.07) is 5.29. The van der Waals surface area contributed by atoms with Gasteiger partial charge in [0.15, 0.2) is 0 Å². The van der Waals surface area contributed by atoms with Crippen LogP contribution in [-0.4, -0.2) is 79.2 Å². The van der Waals surface area contributed by atoms with Crippen LogP contribution in [0.15, 0.2) is 18.2 Å². The largest absolute Gasteiger partial charge is 0.497 e. The van der Waals surface area contributed by atoms with E-state index in [2.05, 4.69) is 16.7 Å². The van der Waals surface area contributed by atoms with E-state index in [-0.39, 0.29) is 5.91 Å². The highest BCUT2D eigenvalue weighted by molar-refractivity contribution is 5.95. The van der Waals surface area contributed by atoms with E-state index in [4.69, 9.17) is 19.4 Å². The van der Waals surface area contributed by atoms with Crippen molar-refractivity contribution in [1.29, 1.82) is 0 Å². The molecule has 166 valence electrons. The molecule has 1 aromatic carbocycles. The zero-order valence-electron chi connectivity index (χ0n) is 18.8. The van der Waals surface area contributed by atoms with Crippen LogP contribution >= 0.6 is 0 Å². The van der Waals surface area contributed by atoms with Gasteiger partial charge in [-0.05, 0) is 25.6 Å². The Labute approximate surface area is 183 Å². The van der Waals surface area contributed by atoms with Crippen LogP contribution in [0.2, 0.25) is 0 Å². The monoisotopic (exact) mass is 425 g/mol. The molecular weight excluding hydrogens is 394 g/mol. The lowest BCUT2D eigenvalue weighted by atomic mass is 10.0. The molecule has 8 heteroatoms. The number of carbonyl (C=O) groups excluding carboxylic acids is 1. The number of ether oxygens (including phenoxy) is 2. The summed E-state index contributed by atoms with van der Waals surface area (Å²) in [5.74, 6) is 2.95. The van der Waals surface area contributed by atoms with E-state index >= 15 is 0 Å². The van der Waals surface area contributed by atoms with E-state index in [1.54, 1.807) is 32.4 Å². The number of nitrogens with zero attached hydrogens (tertiary/aromatic N) is 5. The Morgan fingerprint density at radius 1 is 1.00 bits per heavy atom. The average molecular weight is 426 g/mol. The summed E-state index contributed by atoms with van der Waals surface area (Å²) < 4.78 is 10.7. The molecule has 0 N–H and O–H groups in total. The van der Waals surface area contributed by atoms with Crippen molar-refractivity contribution in [2.24, 2.45) is 0 Å². The third-order valence-electron chi connectivity index (χ3n) is 6.15. The zero-order valence-corrected chi connectivity index (χ0v) is 18.8. The minimum atomic E-state index is -0.0369. The van der Waals surface area contributed by atoms with Crippen molar-refractivity contribution >= 4 is 11.7 Å². The minimum Gasteiger partial charge on any atom is -0.497 e. The first-order chi connectivity index (χ1) is 15.0. The van der Waals surface area contributed by atoms with E-state index in [9.17, 15) is 4.79 Å². The molecule has 2 aliphatic rings. The third kappa shape index (κ3) is 4.44. The van der Waals surface area contributed by atoms with Gasteiger partial charge in [-0.25, -0.2) is 9.97 Å². The Morgan fingerprint density at radius 3 is 2.29 bits per heavy atom. The van der Waals surface area contributed by atoms with Gasteiger partial charge in [-0.1, -0.05) is 6.92 Å². The molecule has 0 spiro atoms. The van der Waals surface area contributed by atoms with Crippen molar-refractivity contribution < 1.29 is 14.3 Å². The van der Waals surface area contributed by atoms with Crippen molar-refractivity contribution in [2.45, 2.75) is 26.8 Å². The second-order valence-electron chi connectivity index (χ2n) is 8.02. The first-order valence-corrected chi connectivity index (χ1v) is 10.9. The SMILES string of the molecule is CCN1CCN(c2nc(C)nc3c2CN(C(=O)c2cc(OC)cc(OC)c2)CC3)CC1. The molecule has 1 amide bonds. The molecule has 1 aromatic heterocycles. The van der Waals surface area contributed by atoms with Gasteiger partial charge in [0.2, 0.25) is 0 Å². The highest BCUT2D eigenvalue weighted by Crippen LogP contribution is 2.30. The predicted octanol–water partition coefficient (Wildman–Crippen LogP) is 2.14. The fourth-order valence-corrected chi connectivity index (χ4v) is 4.34. The lowest BCUT2D eigenvalue weighted by Gasteiger charge is -2.37. The fourth-order valence-electron chi connectivity index (χ4n) is 4.34. The first-order valence-electron chi connectivity index (χ1n) is 10.9. The molecule has 2 aromatic rings. The van der Waals surface area contributed by atoms with Crippen LogP contribution in [0.5, 0.6) is 11.5 Å². The summed E-state index contributed by atoms with van der Waals surface area (Å²) in [5, 5.41) is 0. The number of hydrogen-bond acceptors (Lipinski definition) is 7. The van der Waals surface area contributed by atoms with Gasteiger partial charge in [-0.15, -0.1) is 0 Å². The van der Waals surface area contributed by atoms with Gasteiger partial charge in [-0.2, -0.15) is 0 Å². The Morgan fingerprint density at radius 2 is 1.68 bits per heavy atom. The Kier molecular flexibility index (Phi) is 6.27. The molecule has 1 fully saturated rings. The summed E-state index contributed by atoms with van der Waals surface area (Å²) in [7, 11) is 3.18. The summed E-state index contributed by atoms with van der Waals surface area (Å²) in [6.45, 7) is 10.3. The van der Waals surface area contributed by atoms with Crippen LogP contribution in [0.4, 0.5) is 5.82 Å². The van der Waals surface area contributed by atoms with Crippen LogP contribution in [-0.2, 0) is 13.0 Å². The summed E-state index contributed by atoms with van der Waals surface area (Å²) >= 11 is 0. The van der Waals surface area contributed by atoms with E-state index in [1.165, 1.54) is 0 Å². The van der Waals surface area contributed by atoms with Crippen molar-refractivity contribution in [1.82, 2.24) is 19.8 Å². The first kappa shape index (κ1) is 21.4. The number of benzene rings is 1. The van der Waals surface area contributed by atoms with Gasteiger partial charge >= 0.3 is 0 Å². The van der Waals surface area contributed by atoms with Gasteiger partial charge in [0.05, 0.1) is 26.5 Å². The summed E-state index contributed by atoms with van der Waals surface area (Å²) in [4.78, 5) is 29.5. The number of methoxy groups -OCH3 is 2. The van der Waals surface area contributed by atoms with Gasteiger partial charge in [0.1, 0.15) is 23.1 Å². The minimum absolute atomic E-state index is 0.0369. The Balaban J connectivity index is 1.60. The number of hydrogen-bond donors (Lipinski definition) is 0. The van der Waals surface area contributed by atoms with Gasteiger partial charge in [0, 0.05) is 56.3 Å². The highest BCUT2D eigenvalue weighted by Gasteiger charge is 2.29. The predicted molar refractivity (Wildman–Crippen MR) is 119 cm³/mol. The molecule has 8 nitrogen and oxygen atoms in total. The number of amides is 1. The molecule has 2 aliphatic heterocycles. The second kappa shape index (κ2) is 9.09. The maximum Gasteiger partial charge on any atom is 0.254 e. The van der Waals surface area contributed by atoms with Crippen molar-refractivity contribution in [3.8, 4) is 11.5 Å². The normalized spacial score (nSPS) is 16.8. The number of fused-ring (bicyclic) bond motifs is 1. The molecule has 31 heavy (non-hydrogen) atoms. The summed E-state index contributed by atoms with van der Waals surface area (Å²) in [6.07, 6.45) is 0.730. The van der Waals surface area contributed by atoms with E-state index < -0.39 is 0 Å². The van der Waals surface area contributed by atoms with Crippen molar-refractivity contribution in [2.75, 3.05) is 58.4 Å². The number of piperazine rings is 1. The third-order valence-corrected chi connectivity index (χ3v) is 6.15. The Bertz CT molecular complexity index is 934. The molecule has 0 saturated carbocycles. The van der Waals surface area contributed by atoms with Gasteiger partial charge in [0.25, 0.3) is 5.91 Å². The molecule has 3 heterocycles. The smallest absolute Gasteiger partial charge is 0.254 e. The quantitative estimate of drug-likeness (QED) is 0.727. The highest BCUT2D eigenvalue weighted by atomic mass is 16.5. The van der Waals surface area contributed by atoms with Gasteiger partial charge in [-0.3, -0.25) is 4.79 Å². The number of likely N-dealkylation sites (N-methyl/N-ethyl adjacent to an activating group) is 1. The fraction of sp³-hybridized carbons (Fsp3) is 0.522. The van der Waals surface area contributed by atoms with Crippen LogP contribution in [0.25, 0.3) is 0 Å². The average Bonchev–Trinajstić information content (AvgIpc) is 2.82. The molecule has 1 saturated heterocycles. The maximum atomic E-state index is 13.3. The zero-order chi connectivity index (χ0) is 22.0. The van der Waals surface area contributed by atoms with Crippen molar-refractivity contribution in [3.05, 3.63) is 40.8 Å². The lowest BCUT2D eigenvalue weighted by Crippen LogP contribution is -2.47. The molecule has 4 rings (SSSR count). The molecule has 0 radical (unpaired) electrons. The molecule has 0 unspecified atom stereocenters. The lowest BCUT2D eigenvalue weighted by molar-refractivity contribution is 0.0732. The maximum absolute atomic E-state index is 13.3. The molecule has 0 bridgehead atoms. The second-order valence-corrected chi connectivity index (χ2v) is 8.02. The van der Waals surface area contributed by atoms with Crippen LogP contribution in [0.3, 0.4) is 0 Å². The van der Waals surface area contributed by atoms with Crippen LogP contribution < -0.4 is 14.4 Å². The van der Waals surface area contributed by atoms with Crippen molar-refractivity contribution in [3.63, 3.8) is 0 Å². The van der Waals surface area contributed by atoms with Crippen LogP contribution in [0.1, 0.15) is 34.4 Å². The molecule has 0 atom stereocenters.